The first kappa shape index (κ1) is 17.6. The third kappa shape index (κ3) is 4.36. The molecule has 0 bridgehead atoms. The SMILES string of the molecule is C=COc1cc(F)c(COC(=O)N2CCNCC2CC)c(Cl)c1. The third-order valence-electron chi connectivity index (χ3n) is 3.73. The number of benzene rings is 1. The fourth-order valence-electron chi connectivity index (χ4n) is 2.46. The molecule has 1 unspecified atom stereocenters. The molecule has 5 nitrogen and oxygen atoms in total. The largest absolute Gasteiger partial charge is 0.465 e. The molecule has 1 saturated heterocycles. The molecule has 0 saturated carbocycles. The Morgan fingerprint density at radius 2 is 2.39 bits per heavy atom. The Labute approximate surface area is 140 Å². The van der Waals surface area contributed by atoms with Gasteiger partial charge in [0, 0.05) is 37.3 Å². The first-order chi connectivity index (χ1) is 11.1. The Kier molecular flexibility index (Phi) is 6.24. The summed E-state index contributed by atoms with van der Waals surface area (Å²) >= 11 is 6.03. The molecule has 1 aromatic carbocycles. The van der Waals surface area contributed by atoms with Crippen molar-refractivity contribution >= 4 is 17.7 Å². The van der Waals surface area contributed by atoms with Crippen LogP contribution in [0.3, 0.4) is 0 Å². The van der Waals surface area contributed by atoms with E-state index in [0.717, 1.165) is 13.0 Å². The highest BCUT2D eigenvalue weighted by atomic mass is 35.5. The highest BCUT2D eigenvalue weighted by Crippen LogP contribution is 2.27. The second-order valence-electron chi connectivity index (χ2n) is 5.16. The summed E-state index contributed by atoms with van der Waals surface area (Å²) in [6.45, 7) is 7.20. The van der Waals surface area contributed by atoms with E-state index >= 15 is 0 Å². The minimum absolute atomic E-state index is 0.0833. The molecular weight excluding hydrogens is 323 g/mol. The van der Waals surface area contributed by atoms with Gasteiger partial charge in [0.2, 0.25) is 0 Å². The van der Waals surface area contributed by atoms with Gasteiger partial charge in [0.25, 0.3) is 0 Å². The Bertz CT molecular complexity index is 559. The number of hydrogen-bond donors (Lipinski definition) is 1. The number of piperazine rings is 1. The average Bonchev–Trinajstić information content (AvgIpc) is 2.54. The molecule has 1 amide bonds. The molecule has 0 aliphatic carbocycles. The molecule has 0 radical (unpaired) electrons. The summed E-state index contributed by atoms with van der Waals surface area (Å²) in [5.41, 5.74) is 0.125. The predicted octanol–water partition coefficient (Wildman–Crippen LogP) is 3.32. The van der Waals surface area contributed by atoms with E-state index in [4.69, 9.17) is 21.1 Å². The molecule has 1 aliphatic heterocycles. The number of halogens is 2. The second kappa shape index (κ2) is 8.17. The van der Waals surface area contributed by atoms with Crippen LogP contribution in [0.15, 0.2) is 25.0 Å². The summed E-state index contributed by atoms with van der Waals surface area (Å²) in [5.74, 6) is -0.347. The zero-order valence-corrected chi connectivity index (χ0v) is 13.7. The second-order valence-corrected chi connectivity index (χ2v) is 5.57. The van der Waals surface area contributed by atoms with Crippen molar-refractivity contribution in [3.8, 4) is 5.75 Å². The normalized spacial score (nSPS) is 17.7. The molecule has 1 heterocycles. The number of nitrogens with zero attached hydrogens (tertiary/aromatic N) is 1. The van der Waals surface area contributed by atoms with E-state index in [1.807, 2.05) is 6.92 Å². The van der Waals surface area contributed by atoms with Crippen LogP contribution in [0.2, 0.25) is 5.02 Å². The van der Waals surface area contributed by atoms with Gasteiger partial charge in [-0.2, -0.15) is 0 Å². The van der Waals surface area contributed by atoms with Crippen LogP contribution in [0.5, 0.6) is 5.75 Å². The molecule has 1 aromatic rings. The number of hydrogen-bond acceptors (Lipinski definition) is 4. The van der Waals surface area contributed by atoms with Gasteiger partial charge in [-0.15, -0.1) is 0 Å². The monoisotopic (exact) mass is 342 g/mol. The maximum absolute atomic E-state index is 14.1. The van der Waals surface area contributed by atoms with Gasteiger partial charge in [-0.3, -0.25) is 0 Å². The summed E-state index contributed by atoms with van der Waals surface area (Å²) in [4.78, 5) is 13.9. The number of carbonyl (C=O) groups excluding carboxylic acids is 1. The van der Waals surface area contributed by atoms with Crippen LogP contribution in [-0.2, 0) is 11.3 Å². The molecule has 1 atom stereocenters. The zero-order valence-electron chi connectivity index (χ0n) is 13.0. The van der Waals surface area contributed by atoms with Crippen LogP contribution < -0.4 is 10.1 Å². The number of amides is 1. The minimum Gasteiger partial charge on any atom is -0.465 e. The fourth-order valence-corrected chi connectivity index (χ4v) is 2.72. The number of nitrogens with one attached hydrogen (secondary N) is 1. The van der Waals surface area contributed by atoms with E-state index in [1.54, 1.807) is 4.90 Å². The van der Waals surface area contributed by atoms with Gasteiger partial charge in [0.05, 0.1) is 11.3 Å². The number of ether oxygens (including phenoxy) is 2. The molecule has 23 heavy (non-hydrogen) atoms. The van der Waals surface area contributed by atoms with E-state index in [2.05, 4.69) is 11.9 Å². The molecule has 1 N–H and O–H groups in total. The van der Waals surface area contributed by atoms with E-state index in [-0.39, 0.29) is 29.0 Å². The lowest BCUT2D eigenvalue weighted by Gasteiger charge is -2.34. The van der Waals surface area contributed by atoms with Gasteiger partial charge >= 0.3 is 6.09 Å². The molecule has 1 aliphatic rings. The van der Waals surface area contributed by atoms with Gasteiger partial charge < -0.3 is 19.7 Å². The van der Waals surface area contributed by atoms with Gasteiger partial charge in [-0.25, -0.2) is 9.18 Å². The van der Waals surface area contributed by atoms with E-state index in [9.17, 15) is 9.18 Å². The topological polar surface area (TPSA) is 50.8 Å². The lowest BCUT2D eigenvalue weighted by Crippen LogP contribution is -2.53. The van der Waals surface area contributed by atoms with Crippen molar-refractivity contribution < 1.29 is 18.7 Å². The van der Waals surface area contributed by atoms with Crippen molar-refractivity contribution in [3.05, 3.63) is 41.4 Å². The summed E-state index contributed by atoms with van der Waals surface area (Å²) in [6, 6.07) is 2.71. The molecule has 1 fully saturated rings. The van der Waals surface area contributed by atoms with Gasteiger partial charge in [-0.1, -0.05) is 25.1 Å². The lowest BCUT2D eigenvalue weighted by atomic mass is 10.1. The number of rotatable bonds is 5. The molecular formula is C16H20ClFN2O3. The Balaban J connectivity index is 2.02. The van der Waals surface area contributed by atoms with Crippen LogP contribution in [0.1, 0.15) is 18.9 Å². The third-order valence-corrected chi connectivity index (χ3v) is 4.07. The summed E-state index contributed by atoms with van der Waals surface area (Å²) in [5, 5.41) is 3.37. The standard InChI is InChI=1S/C16H20ClFN2O3/c1-3-11-9-19-5-6-20(11)16(21)23-10-13-14(17)7-12(22-4-2)8-15(13)18/h4,7-8,11,19H,2-3,5-6,9-10H2,1H3. The Morgan fingerprint density at radius 3 is 3.04 bits per heavy atom. The molecule has 7 heteroatoms. The van der Waals surface area contributed by atoms with E-state index in [1.165, 1.54) is 18.4 Å². The molecule has 126 valence electrons. The average molecular weight is 343 g/mol. The quantitative estimate of drug-likeness (QED) is 0.834. The zero-order chi connectivity index (χ0) is 16.8. The van der Waals surface area contributed by atoms with Crippen molar-refractivity contribution in [1.82, 2.24) is 10.2 Å². The molecule has 0 aromatic heterocycles. The minimum atomic E-state index is -0.588. The predicted molar refractivity (Wildman–Crippen MR) is 86.1 cm³/mol. The van der Waals surface area contributed by atoms with E-state index in [0.29, 0.717) is 13.1 Å². The van der Waals surface area contributed by atoms with Crippen LogP contribution >= 0.6 is 11.6 Å². The van der Waals surface area contributed by atoms with Crippen molar-refractivity contribution in [2.75, 3.05) is 19.6 Å². The highest BCUT2D eigenvalue weighted by molar-refractivity contribution is 6.31. The first-order valence-corrected chi connectivity index (χ1v) is 7.84. The highest BCUT2D eigenvalue weighted by Gasteiger charge is 2.26. The first-order valence-electron chi connectivity index (χ1n) is 7.46. The summed E-state index contributed by atoms with van der Waals surface area (Å²) in [6.07, 6.45) is 1.55. The van der Waals surface area contributed by atoms with Crippen LogP contribution in [0.4, 0.5) is 9.18 Å². The van der Waals surface area contributed by atoms with Gasteiger partial charge in [-0.05, 0) is 12.5 Å². The van der Waals surface area contributed by atoms with Crippen molar-refractivity contribution in [1.29, 1.82) is 0 Å². The maximum atomic E-state index is 14.1. The van der Waals surface area contributed by atoms with Gasteiger partial charge in [0.15, 0.2) is 0 Å². The van der Waals surface area contributed by atoms with Crippen molar-refractivity contribution in [3.63, 3.8) is 0 Å². The fraction of sp³-hybridized carbons (Fsp3) is 0.438. The van der Waals surface area contributed by atoms with Crippen molar-refractivity contribution in [2.45, 2.75) is 26.0 Å². The van der Waals surface area contributed by atoms with Crippen molar-refractivity contribution in [2.24, 2.45) is 0 Å². The number of carbonyl (C=O) groups is 1. The maximum Gasteiger partial charge on any atom is 0.410 e. The van der Waals surface area contributed by atoms with Crippen LogP contribution in [0.25, 0.3) is 0 Å². The molecule has 2 rings (SSSR count). The summed E-state index contributed by atoms with van der Waals surface area (Å²) < 4.78 is 24.3. The molecule has 0 spiro atoms. The Hall–Kier alpha value is -1.79. The van der Waals surface area contributed by atoms with Crippen LogP contribution in [0, 0.1) is 5.82 Å². The lowest BCUT2D eigenvalue weighted by molar-refractivity contribution is 0.0707. The Morgan fingerprint density at radius 1 is 1.61 bits per heavy atom. The smallest absolute Gasteiger partial charge is 0.410 e. The van der Waals surface area contributed by atoms with Crippen LogP contribution in [-0.4, -0.2) is 36.7 Å². The summed E-state index contributed by atoms with van der Waals surface area (Å²) in [7, 11) is 0. The van der Waals surface area contributed by atoms with Gasteiger partial charge in [0.1, 0.15) is 18.2 Å². The van der Waals surface area contributed by atoms with E-state index < -0.39 is 11.9 Å².